The lowest BCUT2D eigenvalue weighted by atomic mass is 9.79. The van der Waals surface area contributed by atoms with Gasteiger partial charge in [0.25, 0.3) is 0 Å². The van der Waals surface area contributed by atoms with Crippen LogP contribution in [0, 0.1) is 11.8 Å². The minimum atomic E-state index is -2.04. The van der Waals surface area contributed by atoms with Gasteiger partial charge in [0.05, 0.1) is 31.2 Å². The third kappa shape index (κ3) is 3.01. The van der Waals surface area contributed by atoms with E-state index in [1.807, 2.05) is 0 Å². The van der Waals surface area contributed by atoms with Crippen LogP contribution in [-0.4, -0.2) is 53.0 Å². The number of carbonyl (C=O) groups excluding carboxylic acids is 3. The number of hydrogen-bond acceptors (Lipinski definition) is 7. The number of hydrogen-bond donors (Lipinski definition) is 3. The van der Waals surface area contributed by atoms with Crippen LogP contribution in [0.4, 0.5) is 5.69 Å². The molecule has 32 heavy (non-hydrogen) atoms. The average molecular weight is 438 g/mol. The molecular formula is C23H22N2O7. The van der Waals surface area contributed by atoms with Gasteiger partial charge in [-0.1, -0.05) is 18.2 Å². The predicted octanol–water partition coefficient (Wildman–Crippen LogP) is 1.16. The maximum absolute atomic E-state index is 13.5. The number of carboxylic acids is 1. The summed E-state index contributed by atoms with van der Waals surface area (Å²) >= 11 is 0. The summed E-state index contributed by atoms with van der Waals surface area (Å²) in [5, 5.41) is 22.9. The van der Waals surface area contributed by atoms with Crippen LogP contribution < -0.4 is 15.0 Å². The smallest absolute Gasteiger partial charge is 0.327 e. The molecule has 2 amide bonds. The third-order valence-corrected chi connectivity index (χ3v) is 6.29. The summed E-state index contributed by atoms with van der Waals surface area (Å²) in [6, 6.07) is 11.9. The second-order valence-corrected chi connectivity index (χ2v) is 7.92. The van der Waals surface area contributed by atoms with Crippen molar-refractivity contribution in [2.75, 3.05) is 18.6 Å². The zero-order chi connectivity index (χ0) is 23.2. The van der Waals surface area contributed by atoms with E-state index < -0.39 is 47.8 Å². The zero-order valence-electron chi connectivity index (χ0n) is 17.4. The van der Waals surface area contributed by atoms with Crippen molar-refractivity contribution < 1.29 is 34.1 Å². The molecule has 2 aromatic rings. The molecule has 4 atom stereocenters. The summed E-state index contributed by atoms with van der Waals surface area (Å²) < 4.78 is 5.39. The molecule has 2 aromatic carbocycles. The maximum atomic E-state index is 13.5. The number of Topliss-reactive ketones (excluding diaryl/α,β-unsaturated/α-hetero) is 1. The largest absolute Gasteiger partial charge is 0.496 e. The summed E-state index contributed by atoms with van der Waals surface area (Å²) in [5.74, 6) is -4.89. The average Bonchev–Trinajstić information content (AvgIpc) is 3.28. The molecule has 166 valence electrons. The number of benzene rings is 2. The lowest BCUT2D eigenvalue weighted by molar-refractivity contribution is -0.150. The first-order chi connectivity index (χ1) is 15.3. The van der Waals surface area contributed by atoms with Gasteiger partial charge in [-0.15, -0.1) is 0 Å². The first-order valence-corrected chi connectivity index (χ1v) is 10.0. The van der Waals surface area contributed by atoms with Gasteiger partial charge >= 0.3 is 5.97 Å². The van der Waals surface area contributed by atoms with Crippen LogP contribution in [-0.2, 0) is 14.4 Å². The Labute approximate surface area is 183 Å². The van der Waals surface area contributed by atoms with Crippen LogP contribution >= 0.6 is 0 Å². The molecule has 2 aliphatic rings. The molecule has 0 bridgehead atoms. The number of nitrogens with one attached hydrogen (secondary N) is 1. The fourth-order valence-electron chi connectivity index (χ4n) is 4.70. The van der Waals surface area contributed by atoms with Gasteiger partial charge in [-0.25, -0.2) is 4.90 Å². The SMILES string of the molecule is COc1ccccc1C1NC(CO)(C(=O)O)C2C(=O)N(c3ccc(C(C)=O)cc3)C(=O)C12. The lowest BCUT2D eigenvalue weighted by Crippen LogP contribution is -2.58. The Morgan fingerprint density at radius 3 is 2.31 bits per heavy atom. The Morgan fingerprint density at radius 1 is 1.09 bits per heavy atom. The van der Waals surface area contributed by atoms with E-state index in [0.717, 1.165) is 4.90 Å². The van der Waals surface area contributed by atoms with Crippen LogP contribution in [0.3, 0.4) is 0 Å². The van der Waals surface area contributed by atoms with Crippen LogP contribution in [0.15, 0.2) is 48.5 Å². The van der Waals surface area contributed by atoms with Crippen molar-refractivity contribution in [1.82, 2.24) is 5.32 Å². The van der Waals surface area contributed by atoms with Gasteiger partial charge in [0.1, 0.15) is 5.75 Å². The van der Waals surface area contributed by atoms with Gasteiger partial charge in [0.15, 0.2) is 11.3 Å². The van der Waals surface area contributed by atoms with Gasteiger partial charge in [-0.3, -0.25) is 24.5 Å². The number of fused-ring (bicyclic) bond motifs is 1. The second kappa shape index (κ2) is 7.85. The molecular weight excluding hydrogens is 416 g/mol. The summed E-state index contributed by atoms with van der Waals surface area (Å²) in [7, 11) is 1.45. The topological polar surface area (TPSA) is 133 Å². The number of anilines is 1. The number of aliphatic hydroxyl groups excluding tert-OH is 1. The highest BCUT2D eigenvalue weighted by Gasteiger charge is 2.69. The van der Waals surface area contributed by atoms with E-state index in [0.29, 0.717) is 16.9 Å². The number of aliphatic hydroxyl groups is 1. The molecule has 2 aliphatic heterocycles. The van der Waals surface area contributed by atoms with Crippen LogP contribution in [0.5, 0.6) is 5.75 Å². The van der Waals surface area contributed by atoms with E-state index in [1.165, 1.54) is 38.3 Å². The number of carboxylic acid groups (broad SMARTS) is 1. The first kappa shape index (κ1) is 21.7. The van der Waals surface area contributed by atoms with Crippen LogP contribution in [0.2, 0.25) is 0 Å². The molecule has 0 aliphatic carbocycles. The summed E-state index contributed by atoms with van der Waals surface area (Å²) in [6.07, 6.45) is 0. The fourth-order valence-corrected chi connectivity index (χ4v) is 4.70. The number of rotatable bonds is 6. The van der Waals surface area contributed by atoms with Crippen molar-refractivity contribution in [2.45, 2.75) is 18.5 Å². The molecule has 0 saturated carbocycles. The zero-order valence-corrected chi connectivity index (χ0v) is 17.4. The molecule has 0 spiro atoms. The fraction of sp³-hybridized carbons (Fsp3) is 0.304. The highest BCUT2D eigenvalue weighted by atomic mass is 16.5. The molecule has 3 N–H and O–H groups in total. The Kier molecular flexibility index (Phi) is 5.31. The second-order valence-electron chi connectivity index (χ2n) is 7.92. The Balaban J connectivity index is 1.84. The van der Waals surface area contributed by atoms with Gasteiger partial charge < -0.3 is 14.9 Å². The standard InChI is InChI=1S/C23H22N2O7/c1-12(27)13-7-9-14(10-8-13)25-20(28)17-18(21(25)29)23(11-26,22(30)31)24-19(17)15-5-3-4-6-16(15)32-2/h3-10,17-19,24,26H,11H2,1-2H3,(H,30,31). The number of ether oxygens (including phenoxy) is 1. The third-order valence-electron chi connectivity index (χ3n) is 6.29. The molecule has 0 aromatic heterocycles. The van der Waals surface area contributed by atoms with Crippen LogP contribution in [0.25, 0.3) is 0 Å². The number of amides is 2. The molecule has 4 unspecified atom stereocenters. The van der Waals surface area contributed by atoms with Crippen molar-refractivity contribution in [2.24, 2.45) is 11.8 Å². The van der Waals surface area contributed by atoms with E-state index in [9.17, 15) is 29.4 Å². The van der Waals surface area contributed by atoms with E-state index in [4.69, 9.17) is 4.74 Å². The number of carbonyl (C=O) groups is 4. The summed E-state index contributed by atoms with van der Waals surface area (Å²) in [5.41, 5.74) is -0.888. The number of para-hydroxylation sites is 1. The molecule has 9 heteroatoms. The molecule has 0 radical (unpaired) electrons. The maximum Gasteiger partial charge on any atom is 0.327 e. The summed E-state index contributed by atoms with van der Waals surface area (Å²) in [4.78, 5) is 51.7. The van der Waals surface area contributed by atoms with E-state index in [2.05, 4.69) is 5.32 Å². The van der Waals surface area contributed by atoms with E-state index in [-0.39, 0.29) is 11.5 Å². The number of methoxy groups -OCH3 is 1. The lowest BCUT2D eigenvalue weighted by Gasteiger charge is -2.29. The van der Waals surface area contributed by atoms with Gasteiger partial charge in [0.2, 0.25) is 11.8 Å². The molecule has 9 nitrogen and oxygen atoms in total. The molecule has 2 saturated heterocycles. The molecule has 4 rings (SSSR count). The van der Waals surface area contributed by atoms with Gasteiger partial charge in [-0.2, -0.15) is 0 Å². The van der Waals surface area contributed by atoms with Crippen molar-refractivity contribution in [3.05, 3.63) is 59.7 Å². The van der Waals surface area contributed by atoms with Crippen LogP contribution in [0.1, 0.15) is 28.9 Å². The molecule has 2 fully saturated rings. The first-order valence-electron chi connectivity index (χ1n) is 10.0. The normalized spacial score (nSPS) is 26.8. The number of imide groups is 1. The summed E-state index contributed by atoms with van der Waals surface area (Å²) in [6.45, 7) is 0.517. The monoisotopic (exact) mass is 438 g/mol. The molecule has 2 heterocycles. The quantitative estimate of drug-likeness (QED) is 0.452. The number of ketones is 1. The highest BCUT2D eigenvalue weighted by molar-refractivity contribution is 6.24. The van der Waals surface area contributed by atoms with Crippen molar-refractivity contribution in [3.63, 3.8) is 0 Å². The van der Waals surface area contributed by atoms with E-state index >= 15 is 0 Å². The predicted molar refractivity (Wildman–Crippen MR) is 112 cm³/mol. The Morgan fingerprint density at radius 2 is 1.75 bits per heavy atom. The van der Waals surface area contributed by atoms with Gasteiger partial charge in [-0.05, 0) is 37.3 Å². The Hall–Kier alpha value is -3.56. The van der Waals surface area contributed by atoms with Gasteiger partial charge in [0, 0.05) is 17.2 Å². The highest BCUT2D eigenvalue weighted by Crippen LogP contribution is 2.51. The number of nitrogens with zero attached hydrogens (tertiary/aromatic N) is 1. The van der Waals surface area contributed by atoms with Crippen molar-refractivity contribution >= 4 is 29.3 Å². The van der Waals surface area contributed by atoms with Crippen molar-refractivity contribution in [1.29, 1.82) is 0 Å². The minimum absolute atomic E-state index is 0.168. The Bertz CT molecular complexity index is 1110. The minimum Gasteiger partial charge on any atom is -0.496 e. The number of aliphatic carboxylic acids is 1. The van der Waals surface area contributed by atoms with E-state index in [1.54, 1.807) is 24.3 Å². The van der Waals surface area contributed by atoms with Crippen molar-refractivity contribution in [3.8, 4) is 5.75 Å².